The van der Waals surface area contributed by atoms with E-state index >= 15 is 0 Å². The summed E-state index contributed by atoms with van der Waals surface area (Å²) in [6.45, 7) is 2.09. The lowest BCUT2D eigenvalue weighted by atomic mass is 10.2. The van der Waals surface area contributed by atoms with Crippen molar-refractivity contribution in [1.29, 1.82) is 0 Å². The number of aryl methyl sites for hydroxylation is 1. The summed E-state index contributed by atoms with van der Waals surface area (Å²) in [5.74, 6) is -1.30. The van der Waals surface area contributed by atoms with Crippen LogP contribution in [0.25, 0.3) is 5.69 Å². The molecule has 7 nitrogen and oxygen atoms in total. The van der Waals surface area contributed by atoms with Crippen molar-refractivity contribution < 1.29 is 14.7 Å². The Morgan fingerprint density at radius 2 is 2.14 bits per heavy atom. The fourth-order valence-corrected chi connectivity index (χ4v) is 1.82. The number of nitrogens with zero attached hydrogens (tertiary/aromatic N) is 4. The first-order chi connectivity index (χ1) is 9.97. The smallest absolute Gasteiger partial charge is 0.305 e. The zero-order chi connectivity index (χ0) is 15.4. The third-order valence-corrected chi connectivity index (χ3v) is 2.99. The second kappa shape index (κ2) is 6.17. The van der Waals surface area contributed by atoms with Crippen LogP contribution in [0.5, 0.6) is 0 Å². The Hall–Kier alpha value is -2.70. The fraction of sp³-hybridized carbons (Fsp3) is 0.286. The molecule has 1 N–H and O–H groups in total. The van der Waals surface area contributed by atoms with Crippen LogP contribution in [-0.4, -0.2) is 50.5 Å². The van der Waals surface area contributed by atoms with Crippen molar-refractivity contribution in [3.63, 3.8) is 0 Å². The topological polar surface area (TPSA) is 88.3 Å². The van der Waals surface area contributed by atoms with Crippen molar-refractivity contribution >= 4 is 11.9 Å². The zero-order valence-corrected chi connectivity index (χ0v) is 11.9. The van der Waals surface area contributed by atoms with E-state index in [9.17, 15) is 9.59 Å². The van der Waals surface area contributed by atoms with E-state index in [0.717, 1.165) is 11.3 Å². The highest BCUT2D eigenvalue weighted by Crippen LogP contribution is 2.10. The number of carbonyl (C=O) groups excluding carboxylic acids is 1. The van der Waals surface area contributed by atoms with Crippen LogP contribution in [0.2, 0.25) is 0 Å². The van der Waals surface area contributed by atoms with Gasteiger partial charge in [0, 0.05) is 13.6 Å². The minimum Gasteiger partial charge on any atom is -0.481 e. The molecule has 110 valence electrons. The second-order valence-electron chi connectivity index (χ2n) is 4.76. The second-order valence-corrected chi connectivity index (χ2v) is 4.76. The number of carboxylic acids is 1. The van der Waals surface area contributed by atoms with Crippen LogP contribution in [0.3, 0.4) is 0 Å². The van der Waals surface area contributed by atoms with E-state index in [1.54, 1.807) is 0 Å². The predicted molar refractivity (Wildman–Crippen MR) is 75.3 cm³/mol. The standard InChI is InChI=1S/C14H16N4O3/c1-10-4-3-5-11(8-10)18-9-12(15-16-18)14(21)17(2)7-6-13(19)20/h3-5,8-9H,6-7H2,1-2H3,(H,19,20). The van der Waals surface area contributed by atoms with Crippen molar-refractivity contribution in [2.24, 2.45) is 0 Å². The van der Waals surface area contributed by atoms with Gasteiger partial charge in [0.2, 0.25) is 0 Å². The zero-order valence-electron chi connectivity index (χ0n) is 11.9. The third-order valence-electron chi connectivity index (χ3n) is 2.99. The van der Waals surface area contributed by atoms with Gasteiger partial charge in [0.25, 0.3) is 5.91 Å². The number of aromatic nitrogens is 3. The molecule has 0 saturated heterocycles. The van der Waals surface area contributed by atoms with Crippen molar-refractivity contribution in [3.8, 4) is 5.69 Å². The molecule has 21 heavy (non-hydrogen) atoms. The van der Waals surface area contributed by atoms with Crippen LogP contribution in [0.15, 0.2) is 30.5 Å². The Morgan fingerprint density at radius 3 is 2.81 bits per heavy atom. The Bertz CT molecular complexity index is 666. The van der Waals surface area contributed by atoms with Crippen molar-refractivity contribution in [2.75, 3.05) is 13.6 Å². The van der Waals surface area contributed by atoms with E-state index in [4.69, 9.17) is 5.11 Å². The molecule has 1 heterocycles. The Labute approximate surface area is 121 Å². The lowest BCUT2D eigenvalue weighted by Gasteiger charge is -2.13. The molecule has 0 bridgehead atoms. The van der Waals surface area contributed by atoms with Gasteiger partial charge in [-0.3, -0.25) is 9.59 Å². The van der Waals surface area contributed by atoms with Gasteiger partial charge >= 0.3 is 5.97 Å². The Kier molecular flexibility index (Phi) is 4.32. The number of hydrogen-bond donors (Lipinski definition) is 1. The molecule has 7 heteroatoms. The summed E-state index contributed by atoms with van der Waals surface area (Å²) in [7, 11) is 1.54. The number of carboxylic acid groups (broad SMARTS) is 1. The van der Waals surface area contributed by atoms with Gasteiger partial charge in [-0.15, -0.1) is 5.10 Å². The van der Waals surface area contributed by atoms with E-state index in [1.807, 2.05) is 31.2 Å². The van der Waals surface area contributed by atoms with Gasteiger partial charge in [-0.1, -0.05) is 17.3 Å². The molecule has 0 atom stereocenters. The van der Waals surface area contributed by atoms with E-state index in [2.05, 4.69) is 10.3 Å². The molecule has 0 aliphatic rings. The van der Waals surface area contributed by atoms with E-state index < -0.39 is 5.97 Å². The van der Waals surface area contributed by atoms with Crippen molar-refractivity contribution in [2.45, 2.75) is 13.3 Å². The highest BCUT2D eigenvalue weighted by atomic mass is 16.4. The summed E-state index contributed by atoms with van der Waals surface area (Å²) in [6, 6.07) is 7.65. The largest absolute Gasteiger partial charge is 0.481 e. The van der Waals surface area contributed by atoms with Crippen LogP contribution >= 0.6 is 0 Å². The lowest BCUT2D eigenvalue weighted by Crippen LogP contribution is -2.29. The van der Waals surface area contributed by atoms with Crippen LogP contribution < -0.4 is 0 Å². The predicted octanol–water partition coefficient (Wildman–Crippen LogP) is 1.12. The molecule has 2 aromatic rings. The van der Waals surface area contributed by atoms with Gasteiger partial charge in [-0.05, 0) is 24.6 Å². The van der Waals surface area contributed by atoms with Gasteiger partial charge in [0.1, 0.15) is 0 Å². The molecule has 0 unspecified atom stereocenters. The van der Waals surface area contributed by atoms with Gasteiger partial charge in [0.05, 0.1) is 18.3 Å². The quantitative estimate of drug-likeness (QED) is 0.890. The SMILES string of the molecule is Cc1cccc(-n2cc(C(=O)N(C)CCC(=O)O)nn2)c1. The molecule has 0 saturated carbocycles. The first-order valence-electron chi connectivity index (χ1n) is 6.44. The molecule has 1 aromatic carbocycles. The number of aliphatic carboxylic acids is 1. The molecule has 0 radical (unpaired) electrons. The molecule has 1 amide bonds. The Morgan fingerprint density at radius 1 is 1.38 bits per heavy atom. The van der Waals surface area contributed by atoms with Gasteiger partial charge in [-0.25, -0.2) is 4.68 Å². The minimum absolute atomic E-state index is 0.103. The molecule has 0 spiro atoms. The average molecular weight is 288 g/mol. The van der Waals surface area contributed by atoms with Gasteiger partial charge in [-0.2, -0.15) is 0 Å². The van der Waals surface area contributed by atoms with Crippen molar-refractivity contribution in [3.05, 3.63) is 41.7 Å². The highest BCUT2D eigenvalue weighted by Gasteiger charge is 2.16. The molecular formula is C14H16N4O3. The first-order valence-corrected chi connectivity index (χ1v) is 6.44. The summed E-state index contributed by atoms with van der Waals surface area (Å²) in [5, 5.41) is 16.4. The maximum Gasteiger partial charge on any atom is 0.305 e. The van der Waals surface area contributed by atoms with E-state index in [0.29, 0.717) is 0 Å². The van der Waals surface area contributed by atoms with Crippen LogP contribution in [0.4, 0.5) is 0 Å². The Balaban J connectivity index is 2.12. The molecule has 1 aromatic heterocycles. The lowest BCUT2D eigenvalue weighted by molar-refractivity contribution is -0.137. The number of amides is 1. The summed E-state index contributed by atoms with van der Waals surface area (Å²) >= 11 is 0. The number of benzene rings is 1. The monoisotopic (exact) mass is 288 g/mol. The maximum absolute atomic E-state index is 12.1. The molecule has 2 rings (SSSR count). The number of carbonyl (C=O) groups is 2. The molecule has 0 aliphatic heterocycles. The molecule has 0 aliphatic carbocycles. The van der Waals surface area contributed by atoms with Gasteiger partial charge < -0.3 is 10.0 Å². The normalized spacial score (nSPS) is 10.4. The first kappa shape index (κ1) is 14.7. The van der Waals surface area contributed by atoms with Crippen LogP contribution in [-0.2, 0) is 4.79 Å². The van der Waals surface area contributed by atoms with Crippen LogP contribution in [0, 0.1) is 6.92 Å². The minimum atomic E-state index is -0.946. The summed E-state index contributed by atoms with van der Waals surface area (Å²) in [6.07, 6.45) is 1.43. The summed E-state index contributed by atoms with van der Waals surface area (Å²) < 4.78 is 1.52. The van der Waals surface area contributed by atoms with Crippen molar-refractivity contribution in [1.82, 2.24) is 19.9 Å². The summed E-state index contributed by atoms with van der Waals surface area (Å²) in [4.78, 5) is 23.9. The van der Waals surface area contributed by atoms with Crippen LogP contribution in [0.1, 0.15) is 22.5 Å². The number of rotatable bonds is 5. The number of hydrogen-bond acceptors (Lipinski definition) is 4. The third kappa shape index (κ3) is 3.65. The summed E-state index contributed by atoms with van der Waals surface area (Å²) in [5.41, 5.74) is 2.08. The van der Waals surface area contributed by atoms with E-state index in [1.165, 1.54) is 22.8 Å². The highest BCUT2D eigenvalue weighted by molar-refractivity contribution is 5.92. The molecular weight excluding hydrogens is 272 g/mol. The average Bonchev–Trinajstić information content (AvgIpc) is 2.93. The fourth-order valence-electron chi connectivity index (χ4n) is 1.82. The van der Waals surface area contributed by atoms with Gasteiger partial charge in [0.15, 0.2) is 5.69 Å². The maximum atomic E-state index is 12.1. The van der Waals surface area contributed by atoms with E-state index in [-0.39, 0.29) is 24.6 Å². The molecule has 0 fully saturated rings.